The zero-order valence-electron chi connectivity index (χ0n) is 8.76. The van der Waals surface area contributed by atoms with Crippen LogP contribution >= 0.6 is 0 Å². The third kappa shape index (κ3) is 2.49. The van der Waals surface area contributed by atoms with Crippen molar-refractivity contribution in [2.75, 3.05) is 0 Å². The van der Waals surface area contributed by atoms with E-state index in [4.69, 9.17) is 5.73 Å². The smallest absolute Gasteiger partial charge is 0.125 e. The molecule has 1 aromatic rings. The SMILES string of the molecule is CCc1cc(C(C)(C)N)nc(C)n1. The summed E-state index contributed by atoms with van der Waals surface area (Å²) in [6, 6.07) is 1.98. The fraction of sp³-hybridized carbons (Fsp3) is 0.600. The number of hydrogen-bond donors (Lipinski definition) is 1. The standard InChI is InChI=1S/C10H17N3/c1-5-8-6-9(10(3,4)11)13-7(2)12-8/h6H,5,11H2,1-4H3. The molecule has 0 saturated carbocycles. The van der Waals surface area contributed by atoms with Gasteiger partial charge in [0.1, 0.15) is 5.82 Å². The summed E-state index contributed by atoms with van der Waals surface area (Å²) in [6.45, 7) is 7.88. The summed E-state index contributed by atoms with van der Waals surface area (Å²) in [5.74, 6) is 0.799. The molecule has 0 spiro atoms. The van der Waals surface area contributed by atoms with Crippen molar-refractivity contribution in [3.05, 3.63) is 23.3 Å². The molecule has 3 heteroatoms. The first-order valence-electron chi connectivity index (χ1n) is 4.57. The van der Waals surface area contributed by atoms with Gasteiger partial charge in [-0.1, -0.05) is 6.92 Å². The lowest BCUT2D eigenvalue weighted by molar-refractivity contribution is 0.529. The van der Waals surface area contributed by atoms with Crippen LogP contribution in [0.4, 0.5) is 0 Å². The maximum absolute atomic E-state index is 5.96. The van der Waals surface area contributed by atoms with Crippen molar-refractivity contribution in [3.63, 3.8) is 0 Å². The fourth-order valence-corrected chi connectivity index (χ4v) is 1.14. The van der Waals surface area contributed by atoms with Crippen LogP contribution in [0.1, 0.15) is 38.0 Å². The number of aryl methyl sites for hydroxylation is 2. The van der Waals surface area contributed by atoms with Gasteiger partial charge in [0.2, 0.25) is 0 Å². The Labute approximate surface area is 79.4 Å². The van der Waals surface area contributed by atoms with Gasteiger partial charge in [-0.2, -0.15) is 0 Å². The highest BCUT2D eigenvalue weighted by Crippen LogP contribution is 2.15. The molecule has 0 aliphatic rings. The van der Waals surface area contributed by atoms with E-state index in [0.29, 0.717) is 0 Å². The molecule has 0 bridgehead atoms. The Morgan fingerprint density at radius 3 is 2.46 bits per heavy atom. The second-order valence-electron chi connectivity index (χ2n) is 3.87. The molecule has 1 aromatic heterocycles. The van der Waals surface area contributed by atoms with Gasteiger partial charge < -0.3 is 5.73 Å². The van der Waals surface area contributed by atoms with Gasteiger partial charge in [-0.3, -0.25) is 0 Å². The number of nitrogens with two attached hydrogens (primary N) is 1. The van der Waals surface area contributed by atoms with E-state index >= 15 is 0 Å². The predicted molar refractivity (Wildman–Crippen MR) is 53.4 cm³/mol. The van der Waals surface area contributed by atoms with E-state index < -0.39 is 0 Å². The molecule has 3 nitrogen and oxygen atoms in total. The van der Waals surface area contributed by atoms with Gasteiger partial charge in [0.25, 0.3) is 0 Å². The zero-order valence-corrected chi connectivity index (χ0v) is 8.76. The zero-order chi connectivity index (χ0) is 10.1. The van der Waals surface area contributed by atoms with E-state index in [1.165, 1.54) is 0 Å². The quantitative estimate of drug-likeness (QED) is 0.749. The van der Waals surface area contributed by atoms with E-state index in [1.807, 2.05) is 26.8 Å². The molecular weight excluding hydrogens is 162 g/mol. The molecule has 0 radical (unpaired) electrons. The van der Waals surface area contributed by atoms with Gasteiger partial charge in [-0.05, 0) is 33.3 Å². The molecule has 0 aromatic carbocycles. The Morgan fingerprint density at radius 1 is 1.38 bits per heavy atom. The van der Waals surface area contributed by atoms with Crippen molar-refractivity contribution in [3.8, 4) is 0 Å². The molecule has 0 atom stereocenters. The van der Waals surface area contributed by atoms with Crippen LogP contribution in [0, 0.1) is 6.92 Å². The predicted octanol–water partition coefficient (Wildman–Crippen LogP) is 1.54. The van der Waals surface area contributed by atoms with Gasteiger partial charge in [-0.15, -0.1) is 0 Å². The summed E-state index contributed by atoms with van der Waals surface area (Å²) < 4.78 is 0. The van der Waals surface area contributed by atoms with E-state index in [9.17, 15) is 0 Å². The van der Waals surface area contributed by atoms with Crippen LogP contribution < -0.4 is 5.73 Å². The van der Waals surface area contributed by atoms with Crippen molar-refractivity contribution in [2.45, 2.75) is 39.7 Å². The highest BCUT2D eigenvalue weighted by atomic mass is 14.9. The monoisotopic (exact) mass is 179 g/mol. The Hall–Kier alpha value is -0.960. The first-order valence-corrected chi connectivity index (χ1v) is 4.57. The second kappa shape index (κ2) is 3.42. The Kier molecular flexibility index (Phi) is 2.66. The highest BCUT2D eigenvalue weighted by molar-refractivity contribution is 5.17. The Bertz CT molecular complexity index is 300. The number of hydrogen-bond acceptors (Lipinski definition) is 3. The molecule has 2 N–H and O–H groups in total. The average Bonchev–Trinajstić information content (AvgIpc) is 2.01. The summed E-state index contributed by atoms with van der Waals surface area (Å²) >= 11 is 0. The maximum atomic E-state index is 5.96. The summed E-state index contributed by atoms with van der Waals surface area (Å²) in [7, 11) is 0. The van der Waals surface area contributed by atoms with Crippen LogP contribution in [0.3, 0.4) is 0 Å². The van der Waals surface area contributed by atoms with E-state index in [-0.39, 0.29) is 5.54 Å². The lowest BCUT2D eigenvalue weighted by Crippen LogP contribution is -2.30. The normalized spacial score (nSPS) is 11.8. The van der Waals surface area contributed by atoms with Crippen LogP contribution in [-0.2, 0) is 12.0 Å². The molecule has 0 unspecified atom stereocenters. The second-order valence-corrected chi connectivity index (χ2v) is 3.87. The Balaban J connectivity index is 3.16. The van der Waals surface area contributed by atoms with E-state index in [2.05, 4.69) is 16.9 Å². The molecular formula is C10H17N3. The molecule has 0 saturated heterocycles. The van der Waals surface area contributed by atoms with Crippen LogP contribution in [0.5, 0.6) is 0 Å². The van der Waals surface area contributed by atoms with Gasteiger partial charge in [0.05, 0.1) is 11.2 Å². The lowest BCUT2D eigenvalue weighted by Gasteiger charge is -2.18. The van der Waals surface area contributed by atoms with Crippen LogP contribution in [0.2, 0.25) is 0 Å². The van der Waals surface area contributed by atoms with Gasteiger partial charge >= 0.3 is 0 Å². The molecule has 0 aliphatic carbocycles. The van der Waals surface area contributed by atoms with Gasteiger partial charge in [0, 0.05) is 5.69 Å². The summed E-state index contributed by atoms with van der Waals surface area (Å²) in [5, 5.41) is 0. The minimum absolute atomic E-state index is 0.377. The minimum atomic E-state index is -0.377. The molecule has 72 valence electrons. The third-order valence-corrected chi connectivity index (χ3v) is 1.91. The van der Waals surface area contributed by atoms with E-state index in [0.717, 1.165) is 23.6 Å². The molecule has 1 heterocycles. The van der Waals surface area contributed by atoms with Crippen LogP contribution in [-0.4, -0.2) is 9.97 Å². The topological polar surface area (TPSA) is 51.8 Å². The fourth-order valence-electron chi connectivity index (χ4n) is 1.14. The first kappa shape index (κ1) is 10.1. The van der Waals surface area contributed by atoms with Crippen molar-refractivity contribution in [1.29, 1.82) is 0 Å². The van der Waals surface area contributed by atoms with E-state index in [1.54, 1.807) is 0 Å². The van der Waals surface area contributed by atoms with Crippen molar-refractivity contribution in [2.24, 2.45) is 5.73 Å². The number of aromatic nitrogens is 2. The highest BCUT2D eigenvalue weighted by Gasteiger charge is 2.16. The molecule has 0 aliphatic heterocycles. The Morgan fingerprint density at radius 2 is 2.00 bits per heavy atom. The van der Waals surface area contributed by atoms with Crippen molar-refractivity contribution < 1.29 is 0 Å². The average molecular weight is 179 g/mol. The third-order valence-electron chi connectivity index (χ3n) is 1.91. The molecule has 13 heavy (non-hydrogen) atoms. The summed E-state index contributed by atoms with van der Waals surface area (Å²) in [4.78, 5) is 8.62. The molecule has 0 fully saturated rings. The lowest BCUT2D eigenvalue weighted by atomic mass is 10.0. The molecule has 1 rings (SSSR count). The van der Waals surface area contributed by atoms with Gasteiger partial charge in [-0.25, -0.2) is 9.97 Å². The number of nitrogens with zero attached hydrogens (tertiary/aromatic N) is 2. The first-order chi connectivity index (χ1) is 5.93. The number of rotatable bonds is 2. The summed E-state index contributed by atoms with van der Waals surface area (Å²) in [6.07, 6.45) is 0.923. The maximum Gasteiger partial charge on any atom is 0.125 e. The van der Waals surface area contributed by atoms with Crippen molar-refractivity contribution >= 4 is 0 Å². The van der Waals surface area contributed by atoms with Crippen molar-refractivity contribution in [1.82, 2.24) is 9.97 Å². The van der Waals surface area contributed by atoms with Gasteiger partial charge in [0.15, 0.2) is 0 Å². The molecule has 0 amide bonds. The summed E-state index contributed by atoms with van der Waals surface area (Å²) in [5.41, 5.74) is 7.55. The van der Waals surface area contributed by atoms with Crippen LogP contribution in [0.15, 0.2) is 6.07 Å². The minimum Gasteiger partial charge on any atom is -0.321 e. The largest absolute Gasteiger partial charge is 0.321 e. The van der Waals surface area contributed by atoms with Crippen LogP contribution in [0.25, 0.3) is 0 Å².